The Labute approximate surface area is 117 Å². The van der Waals surface area contributed by atoms with Crippen molar-refractivity contribution in [3.05, 3.63) is 0 Å². The van der Waals surface area contributed by atoms with Gasteiger partial charge in [0.05, 0.1) is 12.0 Å². The van der Waals surface area contributed by atoms with Crippen LogP contribution in [0, 0.1) is 17.8 Å². The highest BCUT2D eigenvalue weighted by atomic mass is 16.3. The third kappa shape index (κ3) is 6.39. The van der Waals surface area contributed by atoms with Gasteiger partial charge in [0.2, 0.25) is 5.91 Å². The molecule has 1 rings (SSSR count). The highest BCUT2D eigenvalue weighted by molar-refractivity contribution is 5.79. The topological polar surface area (TPSA) is 52.6 Å². The fourth-order valence-corrected chi connectivity index (χ4v) is 2.81. The Hall–Kier alpha value is -0.610. The SMILES string of the molecule is CC(C)CN1CCC(C(=O)NCC(C)CC(C)O)C1. The van der Waals surface area contributed by atoms with Crippen LogP contribution < -0.4 is 5.32 Å². The monoisotopic (exact) mass is 270 g/mol. The van der Waals surface area contributed by atoms with E-state index in [4.69, 9.17) is 0 Å². The van der Waals surface area contributed by atoms with E-state index in [1.165, 1.54) is 0 Å². The second-order valence-corrected chi connectivity index (χ2v) is 6.57. The van der Waals surface area contributed by atoms with Gasteiger partial charge in [0.1, 0.15) is 0 Å². The van der Waals surface area contributed by atoms with Gasteiger partial charge in [-0.05, 0) is 38.1 Å². The quantitative estimate of drug-likeness (QED) is 0.737. The average Bonchev–Trinajstić information content (AvgIpc) is 2.72. The first-order valence-electron chi connectivity index (χ1n) is 7.56. The van der Waals surface area contributed by atoms with Crippen LogP contribution in [0.15, 0.2) is 0 Å². The Kier molecular flexibility index (Phi) is 6.80. The summed E-state index contributed by atoms with van der Waals surface area (Å²) in [5.74, 6) is 1.33. The first kappa shape index (κ1) is 16.4. The van der Waals surface area contributed by atoms with Crippen molar-refractivity contribution in [2.75, 3.05) is 26.2 Å². The third-order valence-corrected chi connectivity index (χ3v) is 3.63. The van der Waals surface area contributed by atoms with Crippen molar-refractivity contribution in [3.8, 4) is 0 Å². The molecule has 0 saturated carbocycles. The van der Waals surface area contributed by atoms with Gasteiger partial charge >= 0.3 is 0 Å². The smallest absolute Gasteiger partial charge is 0.224 e. The van der Waals surface area contributed by atoms with Gasteiger partial charge in [-0.15, -0.1) is 0 Å². The first-order valence-corrected chi connectivity index (χ1v) is 7.56. The molecule has 1 amide bonds. The standard InChI is InChI=1S/C15H30N2O2/c1-11(2)9-17-6-5-14(10-17)15(19)16-8-12(3)7-13(4)18/h11-14,18H,5-10H2,1-4H3,(H,16,19). The van der Waals surface area contributed by atoms with Gasteiger partial charge in [-0.2, -0.15) is 0 Å². The Morgan fingerprint density at radius 3 is 2.63 bits per heavy atom. The maximum absolute atomic E-state index is 12.1. The number of aliphatic hydroxyl groups excluding tert-OH is 1. The summed E-state index contributed by atoms with van der Waals surface area (Å²) in [6.07, 6.45) is 1.42. The van der Waals surface area contributed by atoms with Crippen molar-refractivity contribution in [3.63, 3.8) is 0 Å². The van der Waals surface area contributed by atoms with E-state index in [0.717, 1.165) is 32.5 Å². The van der Waals surface area contributed by atoms with Gasteiger partial charge < -0.3 is 15.3 Å². The van der Waals surface area contributed by atoms with E-state index in [0.29, 0.717) is 18.4 Å². The summed E-state index contributed by atoms with van der Waals surface area (Å²) in [6.45, 7) is 12.0. The molecule has 1 aliphatic heterocycles. The van der Waals surface area contributed by atoms with Crippen molar-refractivity contribution in [1.82, 2.24) is 10.2 Å². The van der Waals surface area contributed by atoms with Gasteiger partial charge in [0.15, 0.2) is 0 Å². The number of nitrogens with zero attached hydrogens (tertiary/aromatic N) is 1. The van der Waals surface area contributed by atoms with Crippen LogP contribution in [0.25, 0.3) is 0 Å². The molecule has 1 fully saturated rings. The number of aliphatic hydroxyl groups is 1. The van der Waals surface area contributed by atoms with Crippen molar-refractivity contribution in [2.45, 2.75) is 46.6 Å². The minimum Gasteiger partial charge on any atom is -0.393 e. The maximum Gasteiger partial charge on any atom is 0.224 e. The molecule has 1 saturated heterocycles. The lowest BCUT2D eigenvalue weighted by Gasteiger charge is -2.19. The predicted molar refractivity (Wildman–Crippen MR) is 77.9 cm³/mol. The lowest BCUT2D eigenvalue weighted by Crippen LogP contribution is -2.36. The number of amides is 1. The van der Waals surface area contributed by atoms with Crippen LogP contribution in [0.3, 0.4) is 0 Å². The summed E-state index contributed by atoms with van der Waals surface area (Å²) in [4.78, 5) is 14.4. The summed E-state index contributed by atoms with van der Waals surface area (Å²) in [5.41, 5.74) is 0. The number of nitrogens with one attached hydrogen (secondary N) is 1. The zero-order chi connectivity index (χ0) is 14.4. The van der Waals surface area contributed by atoms with Crippen LogP contribution >= 0.6 is 0 Å². The lowest BCUT2D eigenvalue weighted by atomic mass is 10.0. The molecule has 4 nitrogen and oxygen atoms in total. The van der Waals surface area contributed by atoms with Crippen LogP contribution in [-0.4, -0.2) is 48.2 Å². The van der Waals surface area contributed by atoms with Crippen LogP contribution in [0.4, 0.5) is 0 Å². The van der Waals surface area contributed by atoms with Crippen LogP contribution in [0.1, 0.15) is 40.5 Å². The molecular weight excluding hydrogens is 240 g/mol. The predicted octanol–water partition coefficient (Wildman–Crippen LogP) is 1.49. The molecule has 0 aliphatic carbocycles. The van der Waals surface area contributed by atoms with E-state index in [2.05, 4.69) is 31.0 Å². The molecule has 0 bridgehead atoms. The molecule has 3 unspecified atom stereocenters. The molecule has 1 heterocycles. The van der Waals surface area contributed by atoms with Gasteiger partial charge in [0.25, 0.3) is 0 Å². The summed E-state index contributed by atoms with van der Waals surface area (Å²) >= 11 is 0. The number of rotatable bonds is 7. The normalized spacial score (nSPS) is 23.6. The molecule has 0 aromatic rings. The van der Waals surface area contributed by atoms with Gasteiger partial charge in [-0.3, -0.25) is 4.79 Å². The molecule has 0 spiro atoms. The fourth-order valence-electron chi connectivity index (χ4n) is 2.81. The maximum atomic E-state index is 12.1. The highest BCUT2D eigenvalue weighted by Gasteiger charge is 2.28. The van der Waals surface area contributed by atoms with Crippen molar-refractivity contribution >= 4 is 5.91 Å². The second kappa shape index (κ2) is 7.85. The zero-order valence-corrected chi connectivity index (χ0v) is 12.9. The molecule has 0 aromatic carbocycles. The minimum absolute atomic E-state index is 0.150. The average molecular weight is 270 g/mol. The van der Waals surface area contributed by atoms with E-state index in [1.807, 2.05) is 0 Å². The Morgan fingerprint density at radius 1 is 1.37 bits per heavy atom. The number of likely N-dealkylation sites (tertiary alicyclic amines) is 1. The molecule has 4 heteroatoms. The summed E-state index contributed by atoms with van der Waals surface area (Å²) < 4.78 is 0. The molecule has 0 radical (unpaired) electrons. The lowest BCUT2D eigenvalue weighted by molar-refractivity contribution is -0.124. The van der Waals surface area contributed by atoms with E-state index in [-0.39, 0.29) is 17.9 Å². The van der Waals surface area contributed by atoms with Crippen LogP contribution in [0.2, 0.25) is 0 Å². The summed E-state index contributed by atoms with van der Waals surface area (Å²) in [5, 5.41) is 12.3. The highest BCUT2D eigenvalue weighted by Crippen LogP contribution is 2.17. The molecule has 1 aliphatic rings. The van der Waals surface area contributed by atoms with Gasteiger partial charge in [0, 0.05) is 19.6 Å². The molecular formula is C15H30N2O2. The molecule has 3 atom stereocenters. The molecule has 112 valence electrons. The van der Waals surface area contributed by atoms with Crippen molar-refractivity contribution in [2.24, 2.45) is 17.8 Å². The molecule has 0 aromatic heterocycles. The minimum atomic E-state index is -0.292. The van der Waals surface area contributed by atoms with E-state index in [1.54, 1.807) is 6.92 Å². The molecule has 2 N–H and O–H groups in total. The largest absolute Gasteiger partial charge is 0.393 e. The number of carbonyl (C=O) groups is 1. The fraction of sp³-hybridized carbons (Fsp3) is 0.933. The van der Waals surface area contributed by atoms with E-state index < -0.39 is 0 Å². The Bertz CT molecular complexity index is 279. The van der Waals surface area contributed by atoms with Gasteiger partial charge in [-0.1, -0.05) is 20.8 Å². The Balaban J connectivity index is 2.24. The van der Waals surface area contributed by atoms with Crippen molar-refractivity contribution < 1.29 is 9.90 Å². The zero-order valence-electron chi connectivity index (χ0n) is 12.9. The van der Waals surface area contributed by atoms with Crippen molar-refractivity contribution in [1.29, 1.82) is 0 Å². The van der Waals surface area contributed by atoms with Crippen LogP contribution in [0.5, 0.6) is 0 Å². The van der Waals surface area contributed by atoms with Gasteiger partial charge in [-0.25, -0.2) is 0 Å². The third-order valence-electron chi connectivity index (χ3n) is 3.63. The summed E-state index contributed by atoms with van der Waals surface area (Å²) in [6, 6.07) is 0. The number of carbonyl (C=O) groups excluding carboxylic acids is 1. The first-order chi connectivity index (χ1) is 8.88. The van der Waals surface area contributed by atoms with Crippen LogP contribution in [-0.2, 0) is 4.79 Å². The van der Waals surface area contributed by atoms with E-state index >= 15 is 0 Å². The number of hydrogen-bond donors (Lipinski definition) is 2. The Morgan fingerprint density at radius 2 is 2.05 bits per heavy atom. The van der Waals surface area contributed by atoms with E-state index in [9.17, 15) is 9.90 Å². The second-order valence-electron chi connectivity index (χ2n) is 6.57. The molecule has 19 heavy (non-hydrogen) atoms. The number of hydrogen-bond acceptors (Lipinski definition) is 3. The summed E-state index contributed by atoms with van der Waals surface area (Å²) in [7, 11) is 0.